The van der Waals surface area contributed by atoms with Gasteiger partial charge in [-0.25, -0.2) is 14.2 Å². The molecule has 0 spiro atoms. The zero-order valence-corrected chi connectivity index (χ0v) is 8.77. The second kappa shape index (κ2) is 3.62. The molecule has 0 saturated carbocycles. The van der Waals surface area contributed by atoms with Gasteiger partial charge in [-0.1, -0.05) is 0 Å². The van der Waals surface area contributed by atoms with Gasteiger partial charge in [0.2, 0.25) is 0 Å². The van der Waals surface area contributed by atoms with E-state index in [4.69, 9.17) is 4.74 Å². The largest absolute Gasteiger partial charge is 0.372 e. The number of nitrogens with zero attached hydrogens (tertiary/aromatic N) is 3. The van der Waals surface area contributed by atoms with Crippen molar-refractivity contribution in [3.8, 4) is 0 Å². The lowest BCUT2D eigenvalue weighted by Crippen LogP contribution is -2.46. The summed E-state index contributed by atoms with van der Waals surface area (Å²) in [4.78, 5) is 27.3. The predicted molar refractivity (Wildman–Crippen MR) is 52.8 cm³/mol. The lowest BCUT2D eigenvalue weighted by molar-refractivity contribution is 0.0752. The van der Waals surface area contributed by atoms with Crippen molar-refractivity contribution >= 4 is 0 Å². The van der Waals surface area contributed by atoms with Gasteiger partial charge < -0.3 is 4.74 Å². The number of fused-ring (bicyclic) bond motifs is 1. The highest BCUT2D eigenvalue weighted by Gasteiger charge is 2.17. The normalized spacial score (nSPS) is 15.4. The molecule has 0 atom stereocenters. The Morgan fingerprint density at radius 3 is 2.80 bits per heavy atom. The van der Waals surface area contributed by atoms with Crippen molar-refractivity contribution in [2.75, 3.05) is 6.61 Å². The fourth-order valence-corrected chi connectivity index (χ4v) is 1.64. The van der Waals surface area contributed by atoms with E-state index in [1.807, 2.05) is 0 Å². The Labute approximate surface area is 86.1 Å². The van der Waals surface area contributed by atoms with Crippen molar-refractivity contribution in [1.82, 2.24) is 14.1 Å². The minimum atomic E-state index is -0.494. The van der Waals surface area contributed by atoms with E-state index in [1.165, 1.54) is 4.57 Å². The Hall–Kier alpha value is -1.43. The molecule has 0 fully saturated rings. The van der Waals surface area contributed by atoms with Crippen molar-refractivity contribution in [2.45, 2.75) is 33.0 Å². The molecule has 0 bridgehead atoms. The first-order valence-corrected chi connectivity index (χ1v) is 4.91. The molecule has 6 heteroatoms. The summed E-state index contributed by atoms with van der Waals surface area (Å²) in [7, 11) is 0. The average Bonchev–Trinajstić information content (AvgIpc) is 2.17. The molecule has 0 radical (unpaired) electrons. The molecule has 1 aliphatic rings. The standard InChI is InChI=1S/C9H13N3O3/c1-6(2)12-8(13)10-7-5-15-4-3-11(7)9(12)14/h6H,3-5H2,1-2H3. The van der Waals surface area contributed by atoms with Crippen LogP contribution in [0.2, 0.25) is 0 Å². The topological polar surface area (TPSA) is 66.1 Å². The molecular weight excluding hydrogens is 198 g/mol. The first-order valence-electron chi connectivity index (χ1n) is 4.91. The zero-order valence-electron chi connectivity index (χ0n) is 8.77. The van der Waals surface area contributed by atoms with E-state index in [0.29, 0.717) is 19.0 Å². The highest BCUT2D eigenvalue weighted by molar-refractivity contribution is 4.90. The molecule has 6 nitrogen and oxygen atoms in total. The van der Waals surface area contributed by atoms with Crippen LogP contribution >= 0.6 is 0 Å². The molecule has 15 heavy (non-hydrogen) atoms. The van der Waals surface area contributed by atoms with Gasteiger partial charge in [0.25, 0.3) is 0 Å². The van der Waals surface area contributed by atoms with Gasteiger partial charge in [0.1, 0.15) is 12.4 Å². The predicted octanol–water partition coefficient (Wildman–Crippen LogP) is -0.484. The number of ether oxygens (including phenoxy) is 1. The van der Waals surface area contributed by atoms with Gasteiger partial charge in [0.15, 0.2) is 0 Å². The number of hydrogen-bond acceptors (Lipinski definition) is 4. The summed E-state index contributed by atoms with van der Waals surface area (Å²) in [5, 5.41) is 0. The summed E-state index contributed by atoms with van der Waals surface area (Å²) in [6.45, 7) is 4.77. The summed E-state index contributed by atoms with van der Waals surface area (Å²) < 4.78 is 7.80. The van der Waals surface area contributed by atoms with Crippen molar-refractivity contribution in [3.63, 3.8) is 0 Å². The summed E-state index contributed by atoms with van der Waals surface area (Å²) in [6, 6.07) is -0.168. The Bertz CT molecular complexity index is 486. The lowest BCUT2D eigenvalue weighted by atomic mass is 10.4. The fraction of sp³-hybridized carbons (Fsp3) is 0.667. The lowest BCUT2D eigenvalue weighted by Gasteiger charge is -2.19. The number of aromatic nitrogens is 3. The molecule has 82 valence electrons. The van der Waals surface area contributed by atoms with E-state index >= 15 is 0 Å². The second-order valence-corrected chi connectivity index (χ2v) is 3.76. The molecule has 0 unspecified atom stereocenters. The monoisotopic (exact) mass is 211 g/mol. The summed E-state index contributed by atoms with van der Waals surface area (Å²) in [5.41, 5.74) is -0.782. The first-order chi connectivity index (χ1) is 7.11. The minimum Gasteiger partial charge on any atom is -0.372 e. The van der Waals surface area contributed by atoms with Gasteiger partial charge in [-0.15, -0.1) is 0 Å². The van der Waals surface area contributed by atoms with Crippen molar-refractivity contribution < 1.29 is 4.74 Å². The zero-order chi connectivity index (χ0) is 11.0. The third-order valence-corrected chi connectivity index (χ3v) is 2.39. The fourth-order valence-electron chi connectivity index (χ4n) is 1.64. The van der Waals surface area contributed by atoms with Crippen LogP contribution in [0.1, 0.15) is 25.7 Å². The molecule has 0 N–H and O–H groups in total. The smallest absolute Gasteiger partial charge is 0.353 e. The van der Waals surface area contributed by atoms with Crippen LogP contribution in [0, 0.1) is 0 Å². The molecule has 0 amide bonds. The van der Waals surface area contributed by atoms with E-state index in [1.54, 1.807) is 13.8 Å². The highest BCUT2D eigenvalue weighted by atomic mass is 16.5. The molecule has 0 aliphatic carbocycles. The first kappa shape index (κ1) is 10.1. The molecule has 1 aromatic rings. The number of rotatable bonds is 1. The van der Waals surface area contributed by atoms with Crippen LogP contribution in [0.25, 0.3) is 0 Å². The molecule has 1 aliphatic heterocycles. The van der Waals surface area contributed by atoms with Crippen molar-refractivity contribution in [2.24, 2.45) is 0 Å². The van der Waals surface area contributed by atoms with Crippen LogP contribution in [0.3, 0.4) is 0 Å². The SMILES string of the molecule is CC(C)n1c(=O)nc2n(c1=O)CCOC2. The molecule has 2 heterocycles. The molecule has 2 rings (SSSR count). The van der Waals surface area contributed by atoms with Crippen molar-refractivity contribution in [1.29, 1.82) is 0 Å². The summed E-state index contributed by atoms with van der Waals surface area (Å²) >= 11 is 0. The van der Waals surface area contributed by atoms with Gasteiger partial charge in [0, 0.05) is 6.04 Å². The van der Waals surface area contributed by atoms with Gasteiger partial charge in [-0.05, 0) is 13.8 Å². The third-order valence-electron chi connectivity index (χ3n) is 2.39. The van der Waals surface area contributed by atoms with Gasteiger partial charge >= 0.3 is 11.4 Å². The highest BCUT2D eigenvalue weighted by Crippen LogP contribution is 2.02. The summed E-state index contributed by atoms with van der Waals surface area (Å²) in [5.74, 6) is 0.424. The summed E-state index contributed by atoms with van der Waals surface area (Å²) in [6.07, 6.45) is 0. The second-order valence-electron chi connectivity index (χ2n) is 3.76. The van der Waals surface area contributed by atoms with E-state index < -0.39 is 5.69 Å². The van der Waals surface area contributed by atoms with Gasteiger partial charge in [-0.2, -0.15) is 4.98 Å². The van der Waals surface area contributed by atoms with Gasteiger partial charge in [-0.3, -0.25) is 4.57 Å². The third kappa shape index (κ3) is 1.61. The van der Waals surface area contributed by atoms with Crippen molar-refractivity contribution in [3.05, 3.63) is 26.8 Å². The van der Waals surface area contributed by atoms with E-state index in [9.17, 15) is 9.59 Å². The quantitative estimate of drug-likeness (QED) is 0.629. The van der Waals surface area contributed by atoms with Crippen LogP contribution in [0.5, 0.6) is 0 Å². The van der Waals surface area contributed by atoms with Crippen LogP contribution in [-0.2, 0) is 17.9 Å². The van der Waals surface area contributed by atoms with Crippen LogP contribution in [-0.4, -0.2) is 20.7 Å². The Kier molecular flexibility index (Phi) is 2.44. The van der Waals surface area contributed by atoms with E-state index in [-0.39, 0.29) is 18.3 Å². The molecular formula is C9H13N3O3. The average molecular weight is 211 g/mol. The Morgan fingerprint density at radius 1 is 1.40 bits per heavy atom. The van der Waals surface area contributed by atoms with Crippen LogP contribution in [0.4, 0.5) is 0 Å². The van der Waals surface area contributed by atoms with Crippen LogP contribution in [0.15, 0.2) is 9.59 Å². The maximum Gasteiger partial charge on any atom is 0.353 e. The Morgan fingerprint density at radius 2 is 2.13 bits per heavy atom. The van der Waals surface area contributed by atoms with E-state index in [0.717, 1.165) is 4.57 Å². The maximum absolute atomic E-state index is 11.9. The molecule has 0 saturated heterocycles. The maximum atomic E-state index is 11.9. The van der Waals surface area contributed by atoms with Crippen LogP contribution < -0.4 is 11.4 Å². The van der Waals surface area contributed by atoms with Gasteiger partial charge in [0.05, 0.1) is 13.2 Å². The molecule has 0 aromatic carbocycles. The minimum absolute atomic E-state index is 0.168. The molecule has 1 aromatic heterocycles. The van der Waals surface area contributed by atoms with E-state index in [2.05, 4.69) is 4.98 Å². The Balaban J connectivity index is 2.70. The number of hydrogen-bond donors (Lipinski definition) is 0.